The topological polar surface area (TPSA) is 138 Å². The molecular formula is C14H11F6N3O8. The molecule has 2 N–H and O–H groups in total. The van der Waals surface area contributed by atoms with Gasteiger partial charge in [0.15, 0.2) is 24.3 Å². The van der Waals surface area contributed by atoms with Crippen LogP contribution in [0.5, 0.6) is 0 Å². The maximum Gasteiger partial charge on any atom is 0.509 e. The number of anilines is 1. The van der Waals surface area contributed by atoms with E-state index in [4.69, 9.17) is 14.2 Å². The molecule has 2 saturated heterocycles. The maximum absolute atomic E-state index is 12.5. The number of alkyl halides is 6. The summed E-state index contributed by atoms with van der Waals surface area (Å²) in [6, 6.07) is 0.854. The molecule has 0 amide bonds. The van der Waals surface area contributed by atoms with Gasteiger partial charge in [0.05, 0.1) is 6.61 Å². The van der Waals surface area contributed by atoms with E-state index in [0.29, 0.717) is 0 Å². The van der Waals surface area contributed by atoms with E-state index in [1.165, 1.54) is 5.48 Å². The molecule has 1 aromatic rings. The van der Waals surface area contributed by atoms with Gasteiger partial charge in [-0.15, -0.1) is 0 Å². The molecular weight excluding hydrogens is 452 g/mol. The zero-order valence-corrected chi connectivity index (χ0v) is 14.7. The summed E-state index contributed by atoms with van der Waals surface area (Å²) in [7, 11) is 0. The quantitative estimate of drug-likeness (QED) is 0.364. The molecule has 0 aliphatic carbocycles. The molecule has 2 aliphatic rings. The van der Waals surface area contributed by atoms with Crippen LogP contribution in [-0.2, 0) is 23.8 Å². The fraction of sp³-hybridized carbons (Fsp3) is 0.571. The van der Waals surface area contributed by atoms with Gasteiger partial charge in [-0.25, -0.2) is 19.9 Å². The van der Waals surface area contributed by atoms with Gasteiger partial charge in [-0.2, -0.15) is 31.3 Å². The van der Waals surface area contributed by atoms with Crippen molar-refractivity contribution in [1.29, 1.82) is 0 Å². The van der Waals surface area contributed by atoms with Crippen molar-refractivity contribution in [2.24, 2.45) is 5.92 Å². The number of carbonyl (C=O) groups excluding carboxylic acids is 2. The Hall–Kier alpha value is -3.08. The Bertz CT molecular complexity index is 905. The zero-order chi connectivity index (χ0) is 23.1. The molecule has 172 valence electrons. The summed E-state index contributed by atoms with van der Waals surface area (Å²) < 4.78 is 90.7. The number of rotatable bonds is 5. The Balaban J connectivity index is 1.72. The lowest BCUT2D eigenvalue weighted by atomic mass is 10.1. The lowest BCUT2D eigenvalue weighted by Gasteiger charge is -2.21. The highest BCUT2D eigenvalue weighted by Gasteiger charge is 2.62. The first-order valence-electron chi connectivity index (χ1n) is 8.16. The molecule has 3 heterocycles. The third-order valence-corrected chi connectivity index (χ3v) is 4.18. The van der Waals surface area contributed by atoms with E-state index in [1.54, 1.807) is 0 Å². The average molecular weight is 463 g/mol. The van der Waals surface area contributed by atoms with Gasteiger partial charge in [0.1, 0.15) is 6.10 Å². The summed E-state index contributed by atoms with van der Waals surface area (Å²) in [4.78, 5) is 41.8. The predicted octanol–water partition coefficient (Wildman–Crippen LogP) is 0.648. The summed E-state index contributed by atoms with van der Waals surface area (Å²) in [5.74, 6) is -7.83. The molecule has 0 spiro atoms. The fourth-order valence-corrected chi connectivity index (χ4v) is 2.87. The number of aliphatic hydroxyl groups excluding tert-OH is 1. The van der Waals surface area contributed by atoms with Gasteiger partial charge in [-0.1, -0.05) is 0 Å². The van der Waals surface area contributed by atoms with Crippen LogP contribution in [0.25, 0.3) is 0 Å². The van der Waals surface area contributed by atoms with Gasteiger partial charge in [0, 0.05) is 12.3 Å². The largest absolute Gasteiger partial charge is 0.509 e. The molecule has 1 aromatic heterocycles. The number of carbonyl (C=O) groups is 2. The lowest BCUT2D eigenvalue weighted by Crippen LogP contribution is -2.44. The van der Waals surface area contributed by atoms with E-state index in [2.05, 4.69) is 9.82 Å². The first-order valence-corrected chi connectivity index (χ1v) is 8.16. The molecule has 31 heavy (non-hydrogen) atoms. The number of halogens is 6. The van der Waals surface area contributed by atoms with E-state index in [1.807, 2.05) is 0 Å². The highest BCUT2D eigenvalue weighted by Crippen LogP contribution is 2.40. The Morgan fingerprint density at radius 1 is 1.19 bits per heavy atom. The Labute approximate surface area is 166 Å². The second-order valence-corrected chi connectivity index (χ2v) is 6.20. The standard InChI is InChI=1S/C14H11F6N3O8/c15-13(16,17)8(14(18,19)20)10(25)31-22-5-1-2-23(11(26)21-5)9-7-6(4(3-24)28-9)29-12(27)30-7/h1-2,4,6-9,24H,3H2,(H,21,22,26)/t4-,6-,7-,9-/m1/s1. The van der Waals surface area contributed by atoms with E-state index in [0.717, 1.165) is 16.8 Å². The Morgan fingerprint density at radius 2 is 1.81 bits per heavy atom. The third-order valence-electron chi connectivity index (χ3n) is 4.18. The Kier molecular flexibility index (Phi) is 5.74. The predicted molar refractivity (Wildman–Crippen MR) is 79.9 cm³/mol. The molecule has 0 radical (unpaired) electrons. The number of fused-ring (bicyclic) bond motifs is 1. The van der Waals surface area contributed by atoms with Crippen LogP contribution in [0.2, 0.25) is 0 Å². The zero-order valence-electron chi connectivity index (χ0n) is 14.7. The minimum Gasteiger partial charge on any atom is -0.424 e. The summed E-state index contributed by atoms with van der Waals surface area (Å²) >= 11 is 0. The lowest BCUT2D eigenvalue weighted by molar-refractivity contribution is -0.281. The van der Waals surface area contributed by atoms with Crippen molar-refractivity contribution >= 4 is 17.9 Å². The van der Waals surface area contributed by atoms with Crippen molar-refractivity contribution in [2.45, 2.75) is 36.9 Å². The van der Waals surface area contributed by atoms with Crippen molar-refractivity contribution in [2.75, 3.05) is 12.1 Å². The van der Waals surface area contributed by atoms with E-state index < -0.39 is 73.0 Å². The van der Waals surface area contributed by atoms with Gasteiger partial charge in [-0.3, -0.25) is 4.57 Å². The molecule has 2 aliphatic heterocycles. The molecule has 17 heteroatoms. The van der Waals surface area contributed by atoms with Crippen LogP contribution in [0.4, 0.5) is 37.0 Å². The van der Waals surface area contributed by atoms with Crippen LogP contribution in [0.3, 0.4) is 0 Å². The monoisotopic (exact) mass is 463 g/mol. The number of nitrogens with zero attached hydrogens (tertiary/aromatic N) is 2. The number of aliphatic hydroxyl groups is 1. The summed E-state index contributed by atoms with van der Waals surface area (Å²) in [6.45, 7) is -0.592. The molecule has 11 nitrogen and oxygen atoms in total. The first kappa shape index (κ1) is 22.6. The van der Waals surface area contributed by atoms with Gasteiger partial charge in [0.2, 0.25) is 5.92 Å². The molecule has 2 fully saturated rings. The minimum atomic E-state index is -5.96. The van der Waals surface area contributed by atoms with Gasteiger partial charge in [-0.05, 0) is 0 Å². The third kappa shape index (κ3) is 4.50. The van der Waals surface area contributed by atoms with Crippen molar-refractivity contribution in [3.05, 3.63) is 22.7 Å². The number of hydrogen-bond acceptors (Lipinski definition) is 10. The highest BCUT2D eigenvalue weighted by molar-refractivity contribution is 5.75. The van der Waals surface area contributed by atoms with Crippen LogP contribution in [0, 0.1) is 5.92 Å². The number of ether oxygens (including phenoxy) is 3. The Morgan fingerprint density at radius 3 is 2.35 bits per heavy atom. The normalized spacial score (nSPS) is 25.7. The summed E-state index contributed by atoms with van der Waals surface area (Å²) in [6.07, 6.45) is -16.6. The number of nitrogens with one attached hydrogen (secondary N) is 1. The fourth-order valence-electron chi connectivity index (χ4n) is 2.87. The molecule has 4 atom stereocenters. The van der Waals surface area contributed by atoms with Gasteiger partial charge in [0.25, 0.3) is 0 Å². The second kappa shape index (κ2) is 7.88. The SMILES string of the molecule is O=C1O[C@@H]2[C@H](O1)[C@@H](CO)O[C@H]2n1ccc(NOC(=O)C(C(F)(F)F)C(F)(F)F)nc1=O. The van der Waals surface area contributed by atoms with Crippen LogP contribution in [0.15, 0.2) is 17.1 Å². The molecule has 0 aromatic carbocycles. The highest BCUT2D eigenvalue weighted by atomic mass is 19.4. The smallest absolute Gasteiger partial charge is 0.424 e. The molecule has 0 unspecified atom stereocenters. The number of aromatic nitrogens is 2. The summed E-state index contributed by atoms with van der Waals surface area (Å²) in [5.41, 5.74) is 0.264. The minimum absolute atomic E-state index is 0.592. The van der Waals surface area contributed by atoms with Crippen LogP contribution >= 0.6 is 0 Å². The maximum atomic E-state index is 12.5. The average Bonchev–Trinajstić information content (AvgIpc) is 3.15. The van der Waals surface area contributed by atoms with Gasteiger partial charge >= 0.3 is 30.2 Å². The van der Waals surface area contributed by atoms with Crippen molar-refractivity contribution in [3.8, 4) is 0 Å². The van der Waals surface area contributed by atoms with Crippen molar-refractivity contribution < 1.29 is 60.1 Å². The molecule has 3 rings (SSSR count). The van der Waals surface area contributed by atoms with Gasteiger partial charge < -0.3 is 24.2 Å². The van der Waals surface area contributed by atoms with Crippen molar-refractivity contribution in [1.82, 2.24) is 9.55 Å². The van der Waals surface area contributed by atoms with E-state index in [9.17, 15) is 45.8 Å². The van der Waals surface area contributed by atoms with Crippen LogP contribution in [-0.4, -0.2) is 64.1 Å². The first-order chi connectivity index (χ1) is 14.3. The molecule has 0 saturated carbocycles. The second-order valence-electron chi connectivity index (χ2n) is 6.20. The van der Waals surface area contributed by atoms with Crippen LogP contribution < -0.4 is 11.2 Å². The van der Waals surface area contributed by atoms with Crippen LogP contribution in [0.1, 0.15) is 6.23 Å². The van der Waals surface area contributed by atoms with E-state index in [-0.39, 0.29) is 0 Å². The van der Waals surface area contributed by atoms with E-state index >= 15 is 0 Å². The summed E-state index contributed by atoms with van der Waals surface area (Å²) in [5, 5.41) is 9.27. The number of hydrogen-bond donors (Lipinski definition) is 2. The molecule has 0 bridgehead atoms. The van der Waals surface area contributed by atoms with Crippen molar-refractivity contribution in [3.63, 3.8) is 0 Å².